The molecule has 0 bridgehead atoms. The fourth-order valence-electron chi connectivity index (χ4n) is 3.46. The Morgan fingerprint density at radius 3 is 2.56 bits per heavy atom. The van der Waals surface area contributed by atoms with Gasteiger partial charge in [-0.3, -0.25) is 4.79 Å². The van der Waals surface area contributed by atoms with Crippen LogP contribution in [0.1, 0.15) is 12.0 Å². The second kappa shape index (κ2) is 9.16. The van der Waals surface area contributed by atoms with Crippen molar-refractivity contribution in [3.63, 3.8) is 0 Å². The average Bonchev–Trinajstić information content (AvgIpc) is 3.42. The summed E-state index contributed by atoms with van der Waals surface area (Å²) in [5.41, 5.74) is 10.8. The number of aliphatic hydroxyl groups excluding tert-OH is 1. The molecule has 1 saturated heterocycles. The van der Waals surface area contributed by atoms with Gasteiger partial charge in [-0.25, -0.2) is 31.7 Å². The van der Waals surface area contributed by atoms with Crippen molar-refractivity contribution in [3.8, 4) is 0 Å². The number of primary amides is 1. The SMILES string of the molecule is NC[C@@H](O)CNS(=O)(=O)c1ccc(N2CCC(C(N)=O)C2)c(C2=NCN=N2)c1S(N)(=O)=O. The molecular formula is C16H24N8O6S2. The minimum absolute atomic E-state index is 0.0688. The number of aliphatic imine (C=N–C) groups is 1. The van der Waals surface area contributed by atoms with Crippen LogP contribution in [0.4, 0.5) is 5.69 Å². The van der Waals surface area contributed by atoms with Crippen LogP contribution in [0.3, 0.4) is 0 Å². The highest BCUT2D eigenvalue weighted by molar-refractivity contribution is 7.92. The Kier molecular flexibility index (Phi) is 6.91. The highest BCUT2D eigenvalue weighted by Gasteiger charge is 2.36. The number of nitrogens with two attached hydrogens (primary N) is 3. The van der Waals surface area contributed by atoms with Crippen LogP contribution < -0.4 is 26.2 Å². The maximum Gasteiger partial charge on any atom is 0.242 e. The van der Waals surface area contributed by atoms with Gasteiger partial charge in [-0.05, 0) is 18.6 Å². The first kappa shape index (κ1) is 24.1. The summed E-state index contributed by atoms with van der Waals surface area (Å²) in [4.78, 5) is 16.0. The monoisotopic (exact) mass is 488 g/mol. The highest BCUT2D eigenvalue weighted by atomic mass is 32.2. The molecule has 16 heteroatoms. The number of azo groups is 1. The second-order valence-electron chi connectivity index (χ2n) is 7.27. The van der Waals surface area contributed by atoms with Gasteiger partial charge in [-0.2, -0.15) is 5.11 Å². The normalized spacial score (nSPS) is 19.9. The van der Waals surface area contributed by atoms with E-state index in [9.17, 15) is 26.7 Å². The number of amidine groups is 1. The first-order valence-electron chi connectivity index (χ1n) is 9.50. The molecule has 32 heavy (non-hydrogen) atoms. The lowest BCUT2D eigenvalue weighted by atomic mass is 10.1. The van der Waals surface area contributed by atoms with Gasteiger partial charge in [0.15, 0.2) is 12.5 Å². The Bertz CT molecular complexity index is 1180. The number of amides is 1. The summed E-state index contributed by atoms with van der Waals surface area (Å²) in [6.07, 6.45) is -0.740. The van der Waals surface area contributed by atoms with E-state index in [1.807, 2.05) is 0 Å². The molecule has 1 unspecified atom stereocenters. The van der Waals surface area contributed by atoms with Crippen LogP contribution in [0, 0.1) is 5.92 Å². The van der Waals surface area contributed by atoms with Gasteiger partial charge in [0.05, 0.1) is 17.6 Å². The maximum atomic E-state index is 12.9. The molecule has 0 saturated carbocycles. The summed E-state index contributed by atoms with van der Waals surface area (Å²) in [7, 11) is -9.06. The molecule has 3 rings (SSSR count). The van der Waals surface area contributed by atoms with Crippen molar-refractivity contribution in [1.82, 2.24) is 4.72 Å². The van der Waals surface area contributed by atoms with E-state index in [1.54, 1.807) is 4.90 Å². The quantitative estimate of drug-likeness (QED) is 0.247. The van der Waals surface area contributed by atoms with Gasteiger partial charge in [0.2, 0.25) is 26.0 Å². The standard InChI is InChI=1S/C16H24N8O6S2/c17-5-10(25)6-22-32(29,30)12-2-1-11(24-4-3-9(7-24)15(18)26)13(14(12)31(19,27)28)16-20-8-21-23-16/h1-2,9-10,22,25H,3-8,17H2,(H2,18,26)(H2,19,27,28)/t9?,10-/m1/s1. The molecular weight excluding hydrogens is 464 g/mol. The Labute approximate surface area is 184 Å². The Balaban J connectivity index is 2.20. The van der Waals surface area contributed by atoms with E-state index in [0.717, 1.165) is 6.07 Å². The topological polar surface area (TPSA) is 236 Å². The first-order valence-corrected chi connectivity index (χ1v) is 12.5. The molecule has 176 valence electrons. The summed E-state index contributed by atoms with van der Waals surface area (Å²) >= 11 is 0. The molecule has 1 fully saturated rings. The lowest BCUT2D eigenvalue weighted by Gasteiger charge is -2.24. The number of anilines is 1. The Morgan fingerprint density at radius 2 is 2.03 bits per heavy atom. The zero-order chi connectivity index (χ0) is 23.7. The van der Waals surface area contributed by atoms with E-state index >= 15 is 0 Å². The third kappa shape index (κ3) is 4.94. The number of sulfonamides is 2. The minimum Gasteiger partial charge on any atom is -0.390 e. The zero-order valence-corrected chi connectivity index (χ0v) is 18.5. The number of hydrogen-bond acceptors (Lipinski definition) is 11. The number of hydrogen-bond donors (Lipinski definition) is 5. The van der Waals surface area contributed by atoms with Crippen molar-refractivity contribution < 1.29 is 26.7 Å². The number of rotatable bonds is 9. The summed E-state index contributed by atoms with van der Waals surface area (Å²) in [5.74, 6) is -1.07. The molecule has 0 aliphatic carbocycles. The van der Waals surface area contributed by atoms with E-state index in [2.05, 4.69) is 19.9 Å². The van der Waals surface area contributed by atoms with Crippen molar-refractivity contribution in [2.24, 2.45) is 37.7 Å². The first-order chi connectivity index (χ1) is 15.0. The molecule has 8 N–H and O–H groups in total. The third-order valence-electron chi connectivity index (χ3n) is 5.06. The lowest BCUT2D eigenvalue weighted by molar-refractivity contribution is -0.121. The second-order valence-corrected chi connectivity index (χ2v) is 10.5. The maximum absolute atomic E-state index is 12.9. The summed E-state index contributed by atoms with van der Waals surface area (Å²) in [5, 5.41) is 22.6. The predicted molar refractivity (Wildman–Crippen MR) is 114 cm³/mol. The van der Waals surface area contributed by atoms with E-state index in [0.29, 0.717) is 13.0 Å². The molecule has 0 spiro atoms. The fourth-order valence-corrected chi connectivity index (χ4v) is 6.13. The molecule has 2 heterocycles. The van der Waals surface area contributed by atoms with Crippen LogP contribution in [0.15, 0.2) is 37.1 Å². The summed E-state index contributed by atoms with van der Waals surface area (Å²) in [6, 6.07) is 2.47. The fraction of sp³-hybridized carbons (Fsp3) is 0.500. The van der Waals surface area contributed by atoms with Crippen molar-refractivity contribution in [3.05, 3.63) is 17.7 Å². The van der Waals surface area contributed by atoms with Crippen molar-refractivity contribution >= 4 is 37.5 Å². The number of carbonyl (C=O) groups is 1. The van der Waals surface area contributed by atoms with Gasteiger partial charge in [-0.15, -0.1) is 5.11 Å². The van der Waals surface area contributed by atoms with Gasteiger partial charge in [0.25, 0.3) is 0 Å². The Hall–Kier alpha value is -2.50. The van der Waals surface area contributed by atoms with E-state index in [1.165, 1.54) is 6.07 Å². The van der Waals surface area contributed by atoms with Gasteiger partial charge >= 0.3 is 0 Å². The number of carbonyl (C=O) groups excluding carboxylic acids is 1. The van der Waals surface area contributed by atoms with Crippen molar-refractivity contribution in [1.29, 1.82) is 0 Å². The minimum atomic E-state index is -4.62. The molecule has 0 radical (unpaired) electrons. The molecule has 2 aliphatic rings. The number of benzene rings is 1. The van der Waals surface area contributed by atoms with E-state index < -0.39 is 54.3 Å². The van der Waals surface area contributed by atoms with E-state index in [4.69, 9.17) is 16.6 Å². The highest BCUT2D eigenvalue weighted by Crippen LogP contribution is 2.36. The van der Waals surface area contributed by atoms with Crippen LogP contribution in [0.5, 0.6) is 0 Å². The van der Waals surface area contributed by atoms with Crippen LogP contribution >= 0.6 is 0 Å². The zero-order valence-electron chi connectivity index (χ0n) is 16.9. The van der Waals surface area contributed by atoms with E-state index in [-0.39, 0.29) is 36.8 Å². The summed E-state index contributed by atoms with van der Waals surface area (Å²) < 4.78 is 53.2. The number of aliphatic hydroxyl groups is 1. The van der Waals surface area contributed by atoms with Gasteiger partial charge in [0.1, 0.15) is 9.79 Å². The average molecular weight is 489 g/mol. The number of primary sulfonamides is 1. The predicted octanol–water partition coefficient (Wildman–Crippen LogP) is -2.59. The van der Waals surface area contributed by atoms with Crippen LogP contribution in [-0.2, 0) is 24.8 Å². The molecule has 2 aliphatic heterocycles. The molecule has 14 nitrogen and oxygen atoms in total. The van der Waals surface area contributed by atoms with Crippen LogP contribution in [0.2, 0.25) is 0 Å². The molecule has 1 aromatic carbocycles. The van der Waals surface area contributed by atoms with Gasteiger partial charge < -0.3 is 21.5 Å². The van der Waals surface area contributed by atoms with Crippen molar-refractivity contribution in [2.75, 3.05) is 37.7 Å². The largest absolute Gasteiger partial charge is 0.390 e. The number of nitrogens with one attached hydrogen (secondary N) is 1. The summed E-state index contributed by atoms with van der Waals surface area (Å²) in [6.45, 7) is -0.151. The smallest absolute Gasteiger partial charge is 0.242 e. The number of nitrogens with zero attached hydrogens (tertiary/aromatic N) is 4. The third-order valence-corrected chi connectivity index (χ3v) is 7.65. The van der Waals surface area contributed by atoms with Gasteiger partial charge in [-0.1, -0.05) is 0 Å². The van der Waals surface area contributed by atoms with Crippen LogP contribution in [-0.4, -0.2) is 72.6 Å². The molecule has 1 amide bonds. The lowest BCUT2D eigenvalue weighted by Crippen LogP contribution is -2.37. The van der Waals surface area contributed by atoms with Crippen LogP contribution in [0.25, 0.3) is 0 Å². The molecule has 0 aromatic heterocycles. The molecule has 2 atom stereocenters. The van der Waals surface area contributed by atoms with Crippen molar-refractivity contribution in [2.45, 2.75) is 22.3 Å². The molecule has 1 aromatic rings. The Morgan fingerprint density at radius 1 is 1.31 bits per heavy atom. The van der Waals surface area contributed by atoms with Gasteiger partial charge in [0, 0.05) is 31.9 Å².